The number of aryl methyl sites for hydroxylation is 2. The Morgan fingerprint density at radius 3 is 1.91 bits per heavy atom. The van der Waals surface area contributed by atoms with E-state index >= 15 is 0 Å². The smallest absolute Gasteiger partial charge is 0.134 e. The molecular formula is C29H29F3O. The number of hydrogen-bond donors (Lipinski definition) is 0. The van der Waals surface area contributed by atoms with Crippen LogP contribution in [0.2, 0.25) is 0 Å². The van der Waals surface area contributed by atoms with Gasteiger partial charge < -0.3 is 4.74 Å². The Morgan fingerprint density at radius 2 is 1.27 bits per heavy atom. The van der Waals surface area contributed by atoms with Crippen LogP contribution < -0.4 is 4.74 Å². The highest BCUT2D eigenvalue weighted by atomic mass is 19.1. The van der Waals surface area contributed by atoms with E-state index in [4.69, 9.17) is 4.74 Å². The summed E-state index contributed by atoms with van der Waals surface area (Å²) in [4.78, 5) is 0. The second kappa shape index (κ2) is 12.1. The van der Waals surface area contributed by atoms with Crippen molar-refractivity contribution in [3.63, 3.8) is 0 Å². The molecule has 0 radical (unpaired) electrons. The monoisotopic (exact) mass is 450 g/mol. The fraction of sp³-hybridized carbons (Fsp3) is 0.241. The first-order valence-electron chi connectivity index (χ1n) is 11.2. The van der Waals surface area contributed by atoms with Crippen molar-refractivity contribution in [2.75, 3.05) is 0 Å². The summed E-state index contributed by atoms with van der Waals surface area (Å²) in [6, 6.07) is 14.2. The van der Waals surface area contributed by atoms with Gasteiger partial charge in [-0.15, -0.1) is 0 Å². The first-order chi connectivity index (χ1) is 16.0. The highest BCUT2D eigenvalue weighted by Gasteiger charge is 2.12. The van der Waals surface area contributed by atoms with Gasteiger partial charge in [-0.25, -0.2) is 13.2 Å². The number of benzene rings is 3. The van der Waals surface area contributed by atoms with Crippen LogP contribution in [0.1, 0.15) is 43.4 Å². The van der Waals surface area contributed by atoms with Crippen molar-refractivity contribution >= 4 is 0 Å². The minimum absolute atomic E-state index is 0.111. The van der Waals surface area contributed by atoms with E-state index in [2.05, 4.69) is 0 Å². The predicted octanol–water partition coefficient (Wildman–Crippen LogP) is 8.37. The summed E-state index contributed by atoms with van der Waals surface area (Å²) in [6.07, 6.45) is 10.9. The zero-order valence-corrected chi connectivity index (χ0v) is 19.1. The van der Waals surface area contributed by atoms with Gasteiger partial charge >= 0.3 is 0 Å². The van der Waals surface area contributed by atoms with Gasteiger partial charge in [0.25, 0.3) is 0 Å². The maximum absolute atomic E-state index is 14.7. The Morgan fingerprint density at radius 1 is 0.667 bits per heavy atom. The van der Waals surface area contributed by atoms with Crippen LogP contribution in [0.25, 0.3) is 11.1 Å². The van der Waals surface area contributed by atoms with E-state index in [0.717, 1.165) is 24.8 Å². The summed E-state index contributed by atoms with van der Waals surface area (Å²) in [6.45, 7) is 3.99. The van der Waals surface area contributed by atoms with Gasteiger partial charge in [0, 0.05) is 17.2 Å². The largest absolute Gasteiger partial charge is 0.489 e. The van der Waals surface area contributed by atoms with E-state index in [9.17, 15) is 13.2 Å². The normalized spacial score (nSPS) is 11.5. The molecule has 3 aromatic rings. The fourth-order valence-electron chi connectivity index (χ4n) is 3.61. The molecule has 1 nitrogen and oxygen atoms in total. The maximum atomic E-state index is 14.7. The number of hydrogen-bond acceptors (Lipinski definition) is 1. The zero-order valence-electron chi connectivity index (χ0n) is 19.1. The summed E-state index contributed by atoms with van der Waals surface area (Å²) in [5.74, 6) is -0.993. The van der Waals surface area contributed by atoms with Gasteiger partial charge in [0.15, 0.2) is 0 Å². The molecule has 0 aliphatic carbocycles. The van der Waals surface area contributed by atoms with Gasteiger partial charge in [0.1, 0.15) is 29.8 Å². The lowest BCUT2D eigenvalue weighted by atomic mass is 10.0. The summed E-state index contributed by atoms with van der Waals surface area (Å²) in [5.41, 5.74) is 2.57. The SMILES string of the molecule is C/C=C/CCc1ccc(-c2ccc(OCc3ccc(CC/C=C/C)c(F)c3)cc2F)c(F)c1. The topological polar surface area (TPSA) is 9.23 Å². The quantitative estimate of drug-likeness (QED) is 0.282. The first-order valence-corrected chi connectivity index (χ1v) is 11.2. The number of halogens is 3. The molecule has 3 rings (SSSR count). The lowest BCUT2D eigenvalue weighted by molar-refractivity contribution is 0.304. The standard InChI is InChI=1S/C29H29F3O/c1-3-5-7-9-21-12-15-25(28(31)17-21)26-16-14-24(19-29(26)32)33-20-22-11-13-23(27(30)18-22)10-8-6-4-2/h3-6,11-19H,7-10,20H2,1-2H3/b5-3+,6-4+. The third-order valence-electron chi connectivity index (χ3n) is 5.44. The molecule has 0 fully saturated rings. The molecule has 0 heterocycles. The van der Waals surface area contributed by atoms with Gasteiger partial charge in [-0.05, 0) is 80.5 Å². The van der Waals surface area contributed by atoms with Crippen molar-refractivity contribution in [1.29, 1.82) is 0 Å². The molecule has 0 spiro atoms. The van der Waals surface area contributed by atoms with Crippen molar-refractivity contribution in [2.24, 2.45) is 0 Å². The highest BCUT2D eigenvalue weighted by molar-refractivity contribution is 5.66. The average Bonchev–Trinajstić information content (AvgIpc) is 2.80. The van der Waals surface area contributed by atoms with Crippen molar-refractivity contribution in [2.45, 2.75) is 46.1 Å². The lowest BCUT2D eigenvalue weighted by Gasteiger charge is -2.11. The van der Waals surface area contributed by atoms with Crippen LogP contribution in [0.4, 0.5) is 13.2 Å². The minimum atomic E-state index is -0.571. The van der Waals surface area contributed by atoms with Gasteiger partial charge in [-0.3, -0.25) is 0 Å². The predicted molar refractivity (Wildman–Crippen MR) is 129 cm³/mol. The van der Waals surface area contributed by atoms with Crippen LogP contribution >= 0.6 is 0 Å². The van der Waals surface area contributed by atoms with Crippen LogP contribution in [0.3, 0.4) is 0 Å². The van der Waals surface area contributed by atoms with Crippen molar-refractivity contribution in [3.05, 3.63) is 113 Å². The Balaban J connectivity index is 1.66. The Kier molecular flexibility index (Phi) is 8.94. The van der Waals surface area contributed by atoms with Gasteiger partial charge in [-0.1, -0.05) is 48.6 Å². The summed E-state index contributed by atoms with van der Waals surface area (Å²) in [7, 11) is 0. The van der Waals surface area contributed by atoms with Gasteiger partial charge in [0.05, 0.1) is 0 Å². The van der Waals surface area contributed by atoms with Crippen LogP contribution in [-0.2, 0) is 19.4 Å². The molecule has 172 valence electrons. The number of ether oxygens (including phenoxy) is 1. The second-order valence-electron chi connectivity index (χ2n) is 7.89. The molecule has 0 aromatic heterocycles. The van der Waals surface area contributed by atoms with E-state index in [0.29, 0.717) is 23.3 Å². The third kappa shape index (κ3) is 6.85. The van der Waals surface area contributed by atoms with Crippen LogP contribution in [-0.4, -0.2) is 0 Å². The molecule has 0 aliphatic heterocycles. The summed E-state index contributed by atoms with van der Waals surface area (Å²) in [5, 5.41) is 0. The van der Waals surface area contributed by atoms with Crippen molar-refractivity contribution < 1.29 is 17.9 Å². The van der Waals surface area contributed by atoms with Crippen molar-refractivity contribution in [3.8, 4) is 16.9 Å². The van der Waals surface area contributed by atoms with Gasteiger partial charge in [0.2, 0.25) is 0 Å². The number of allylic oxidation sites excluding steroid dienone is 4. The van der Waals surface area contributed by atoms with E-state index in [1.807, 2.05) is 50.3 Å². The van der Waals surface area contributed by atoms with Gasteiger partial charge in [-0.2, -0.15) is 0 Å². The van der Waals surface area contributed by atoms with E-state index in [1.165, 1.54) is 24.3 Å². The second-order valence-corrected chi connectivity index (χ2v) is 7.89. The Hall–Kier alpha value is -3.27. The molecule has 0 amide bonds. The molecule has 0 saturated carbocycles. The molecule has 0 N–H and O–H groups in total. The lowest BCUT2D eigenvalue weighted by Crippen LogP contribution is -1.99. The fourth-order valence-corrected chi connectivity index (χ4v) is 3.61. The molecule has 0 unspecified atom stereocenters. The molecule has 3 aromatic carbocycles. The van der Waals surface area contributed by atoms with E-state index < -0.39 is 11.6 Å². The Labute approximate surface area is 194 Å². The molecule has 0 aliphatic rings. The number of rotatable bonds is 10. The van der Waals surface area contributed by atoms with E-state index in [-0.39, 0.29) is 23.6 Å². The maximum Gasteiger partial charge on any atom is 0.134 e. The first kappa shape index (κ1) is 24.4. The zero-order chi connectivity index (χ0) is 23.6. The van der Waals surface area contributed by atoms with Crippen LogP contribution in [0, 0.1) is 17.5 Å². The minimum Gasteiger partial charge on any atom is -0.489 e. The van der Waals surface area contributed by atoms with E-state index in [1.54, 1.807) is 18.2 Å². The average molecular weight is 451 g/mol. The molecule has 4 heteroatoms. The molecule has 0 bridgehead atoms. The highest BCUT2D eigenvalue weighted by Crippen LogP contribution is 2.29. The molecule has 33 heavy (non-hydrogen) atoms. The molecule has 0 atom stereocenters. The molecular weight excluding hydrogens is 421 g/mol. The summed E-state index contributed by atoms with van der Waals surface area (Å²) < 4.78 is 49.3. The van der Waals surface area contributed by atoms with Crippen LogP contribution in [0.15, 0.2) is 78.9 Å². The third-order valence-corrected chi connectivity index (χ3v) is 5.44. The van der Waals surface area contributed by atoms with Crippen molar-refractivity contribution in [1.82, 2.24) is 0 Å². The van der Waals surface area contributed by atoms with Crippen LogP contribution in [0.5, 0.6) is 5.75 Å². The molecule has 0 saturated heterocycles. The Bertz CT molecular complexity index is 1130. The summed E-state index contributed by atoms with van der Waals surface area (Å²) >= 11 is 0.